The van der Waals surface area contributed by atoms with E-state index in [1.165, 1.54) is 44.9 Å². The third kappa shape index (κ3) is 3.80. The van der Waals surface area contributed by atoms with Gasteiger partial charge in [-0.05, 0) is 57.3 Å². The van der Waals surface area contributed by atoms with Crippen LogP contribution in [0.4, 0.5) is 0 Å². The van der Waals surface area contributed by atoms with Crippen LogP contribution in [-0.4, -0.2) is 35.5 Å². The highest BCUT2D eigenvalue weighted by Gasteiger charge is 2.40. The van der Waals surface area contributed by atoms with Gasteiger partial charge in [-0.2, -0.15) is 0 Å². The van der Waals surface area contributed by atoms with Gasteiger partial charge in [0.15, 0.2) is 0 Å². The monoisotopic (exact) mass is 295 g/mol. The van der Waals surface area contributed by atoms with E-state index in [0.29, 0.717) is 6.04 Å². The second kappa shape index (κ2) is 6.55. The van der Waals surface area contributed by atoms with Gasteiger partial charge in [-0.25, -0.2) is 0 Å². The Bertz CT molecular complexity index is 330. The molecule has 0 aromatic rings. The Kier molecular flexibility index (Phi) is 4.92. The molecule has 2 saturated carbocycles. The van der Waals surface area contributed by atoms with Crippen LogP contribution in [0.1, 0.15) is 77.6 Å². The summed E-state index contributed by atoms with van der Waals surface area (Å²) in [4.78, 5) is 0. The summed E-state index contributed by atoms with van der Waals surface area (Å²) in [6.45, 7) is 3.95. The van der Waals surface area contributed by atoms with Crippen molar-refractivity contribution in [1.29, 1.82) is 0 Å². The van der Waals surface area contributed by atoms with Gasteiger partial charge in [0.2, 0.25) is 0 Å². The second-order valence-electron chi connectivity index (χ2n) is 7.89. The topological polar surface area (TPSA) is 41.5 Å². The molecule has 1 heterocycles. The molecule has 0 aromatic heterocycles. The molecule has 1 aliphatic heterocycles. The minimum Gasteiger partial charge on any atom is -0.389 e. The van der Waals surface area contributed by atoms with Crippen molar-refractivity contribution in [2.75, 3.05) is 13.2 Å². The Balaban J connectivity index is 1.46. The van der Waals surface area contributed by atoms with Crippen molar-refractivity contribution in [2.45, 2.75) is 94.8 Å². The number of ether oxygens (including phenoxy) is 1. The number of rotatable bonds is 4. The summed E-state index contributed by atoms with van der Waals surface area (Å²) in [6.07, 6.45) is 13.0. The number of hydrogen-bond donors (Lipinski definition) is 2. The van der Waals surface area contributed by atoms with E-state index in [-0.39, 0.29) is 5.60 Å². The molecule has 122 valence electrons. The molecule has 21 heavy (non-hydrogen) atoms. The van der Waals surface area contributed by atoms with E-state index in [9.17, 15) is 5.11 Å². The van der Waals surface area contributed by atoms with E-state index < -0.39 is 5.60 Å². The highest BCUT2D eigenvalue weighted by Crippen LogP contribution is 2.40. The van der Waals surface area contributed by atoms with E-state index in [1.54, 1.807) is 0 Å². The summed E-state index contributed by atoms with van der Waals surface area (Å²) in [7, 11) is 0. The molecule has 0 bridgehead atoms. The molecule has 3 heteroatoms. The Labute approximate surface area is 129 Å². The van der Waals surface area contributed by atoms with Crippen molar-refractivity contribution in [3.05, 3.63) is 0 Å². The van der Waals surface area contributed by atoms with Gasteiger partial charge in [0.1, 0.15) is 0 Å². The van der Waals surface area contributed by atoms with Crippen molar-refractivity contribution < 1.29 is 9.84 Å². The first-order valence-electron chi connectivity index (χ1n) is 9.23. The van der Waals surface area contributed by atoms with Gasteiger partial charge in [-0.3, -0.25) is 0 Å². The molecule has 3 fully saturated rings. The Hall–Kier alpha value is -0.120. The Morgan fingerprint density at radius 2 is 1.81 bits per heavy atom. The molecule has 1 unspecified atom stereocenters. The van der Waals surface area contributed by atoms with E-state index in [2.05, 4.69) is 12.2 Å². The van der Waals surface area contributed by atoms with Crippen LogP contribution >= 0.6 is 0 Å². The zero-order valence-electron chi connectivity index (χ0n) is 13.7. The van der Waals surface area contributed by atoms with Crippen LogP contribution in [0.3, 0.4) is 0 Å². The van der Waals surface area contributed by atoms with Gasteiger partial charge < -0.3 is 15.2 Å². The molecule has 0 radical (unpaired) electrons. The molecule has 3 rings (SSSR count). The fourth-order valence-corrected chi connectivity index (χ4v) is 4.70. The highest BCUT2D eigenvalue weighted by atomic mass is 16.5. The zero-order chi connectivity index (χ0) is 14.8. The zero-order valence-corrected chi connectivity index (χ0v) is 13.7. The third-order valence-corrected chi connectivity index (χ3v) is 6.34. The molecule has 3 nitrogen and oxygen atoms in total. The molecule has 0 aromatic carbocycles. The maximum Gasteiger partial charge on any atom is 0.0771 e. The quantitative estimate of drug-likeness (QED) is 0.835. The fourth-order valence-electron chi connectivity index (χ4n) is 4.70. The van der Waals surface area contributed by atoms with Gasteiger partial charge in [0.05, 0.1) is 11.2 Å². The van der Waals surface area contributed by atoms with Crippen LogP contribution in [0.25, 0.3) is 0 Å². The highest BCUT2D eigenvalue weighted by molar-refractivity contribution is 4.95. The summed E-state index contributed by atoms with van der Waals surface area (Å²) in [5, 5.41) is 14.5. The van der Waals surface area contributed by atoms with Gasteiger partial charge >= 0.3 is 0 Å². The predicted octanol–water partition coefficient (Wildman–Crippen LogP) is 3.40. The predicted molar refractivity (Wildman–Crippen MR) is 85.4 cm³/mol. The van der Waals surface area contributed by atoms with Crippen molar-refractivity contribution in [3.8, 4) is 0 Å². The lowest BCUT2D eigenvalue weighted by atomic mass is 9.77. The maximum atomic E-state index is 10.8. The van der Waals surface area contributed by atoms with Gasteiger partial charge in [0, 0.05) is 19.2 Å². The SMILES string of the molecule is CCC1CCC(O)(CNC2CCOC3(CCCC3)C2)CC1. The minimum atomic E-state index is -0.452. The first-order valence-corrected chi connectivity index (χ1v) is 9.23. The van der Waals surface area contributed by atoms with Crippen molar-refractivity contribution in [1.82, 2.24) is 5.32 Å². The van der Waals surface area contributed by atoms with Crippen LogP contribution in [0, 0.1) is 5.92 Å². The lowest BCUT2D eigenvalue weighted by molar-refractivity contribution is -0.0876. The average molecular weight is 295 g/mol. The summed E-state index contributed by atoms with van der Waals surface area (Å²) in [5.74, 6) is 0.843. The molecular formula is C18H33NO2. The lowest BCUT2D eigenvalue weighted by Crippen LogP contribution is -2.51. The molecular weight excluding hydrogens is 262 g/mol. The van der Waals surface area contributed by atoms with Crippen LogP contribution in [0.2, 0.25) is 0 Å². The van der Waals surface area contributed by atoms with Crippen LogP contribution in [-0.2, 0) is 4.74 Å². The molecule has 1 saturated heterocycles. The van der Waals surface area contributed by atoms with Gasteiger partial charge in [-0.1, -0.05) is 26.2 Å². The van der Waals surface area contributed by atoms with E-state index in [4.69, 9.17) is 4.74 Å². The number of hydrogen-bond acceptors (Lipinski definition) is 3. The normalized spacial score (nSPS) is 39.7. The van der Waals surface area contributed by atoms with Crippen molar-refractivity contribution in [3.63, 3.8) is 0 Å². The van der Waals surface area contributed by atoms with Crippen LogP contribution in [0.5, 0.6) is 0 Å². The summed E-state index contributed by atoms with van der Waals surface area (Å²) in [5.41, 5.74) is -0.273. The molecule has 1 spiro atoms. The smallest absolute Gasteiger partial charge is 0.0771 e. The Morgan fingerprint density at radius 1 is 1.10 bits per heavy atom. The van der Waals surface area contributed by atoms with Crippen LogP contribution in [0.15, 0.2) is 0 Å². The summed E-state index contributed by atoms with van der Waals surface area (Å²) < 4.78 is 6.10. The van der Waals surface area contributed by atoms with E-state index in [0.717, 1.165) is 44.8 Å². The van der Waals surface area contributed by atoms with E-state index >= 15 is 0 Å². The second-order valence-corrected chi connectivity index (χ2v) is 7.89. The third-order valence-electron chi connectivity index (χ3n) is 6.34. The largest absolute Gasteiger partial charge is 0.389 e. The van der Waals surface area contributed by atoms with Gasteiger partial charge in [0.25, 0.3) is 0 Å². The molecule has 3 aliphatic rings. The number of nitrogens with one attached hydrogen (secondary N) is 1. The first-order chi connectivity index (χ1) is 10.1. The lowest BCUT2D eigenvalue weighted by Gasteiger charge is -2.41. The summed E-state index contributed by atoms with van der Waals surface area (Å²) in [6, 6.07) is 0.546. The molecule has 0 amide bonds. The van der Waals surface area contributed by atoms with Crippen molar-refractivity contribution in [2.24, 2.45) is 5.92 Å². The summed E-state index contributed by atoms with van der Waals surface area (Å²) >= 11 is 0. The number of aliphatic hydroxyl groups is 1. The molecule has 2 N–H and O–H groups in total. The van der Waals surface area contributed by atoms with Crippen LogP contribution < -0.4 is 5.32 Å². The van der Waals surface area contributed by atoms with Crippen molar-refractivity contribution >= 4 is 0 Å². The minimum absolute atomic E-state index is 0.179. The molecule has 1 atom stereocenters. The average Bonchev–Trinajstić information content (AvgIpc) is 2.94. The maximum absolute atomic E-state index is 10.8. The molecule has 2 aliphatic carbocycles. The Morgan fingerprint density at radius 3 is 2.48 bits per heavy atom. The first kappa shape index (κ1) is 15.8. The standard InChI is InChI=1S/C18H33NO2/c1-2-15-5-10-17(20,11-6-15)14-19-16-7-12-21-18(13-16)8-3-4-9-18/h15-16,19-20H,2-14H2,1H3. The van der Waals surface area contributed by atoms with Gasteiger partial charge in [-0.15, -0.1) is 0 Å². The van der Waals surface area contributed by atoms with E-state index in [1.807, 2.05) is 0 Å². The fraction of sp³-hybridized carbons (Fsp3) is 1.00.